The number of nitrogens with one attached hydrogen (secondary N) is 1. The molecular formula is C21H21N3O5. The molecule has 29 heavy (non-hydrogen) atoms. The molecule has 0 spiro atoms. The highest BCUT2D eigenvalue weighted by Gasteiger charge is 2.42. The van der Waals surface area contributed by atoms with Crippen molar-refractivity contribution in [3.8, 4) is 28.5 Å². The molecule has 0 saturated carbocycles. The lowest BCUT2D eigenvalue weighted by molar-refractivity contribution is 0.0677. The van der Waals surface area contributed by atoms with Crippen LogP contribution in [0.15, 0.2) is 42.5 Å². The van der Waals surface area contributed by atoms with E-state index in [0.717, 1.165) is 5.56 Å². The number of carbonyl (C=O) groups excluding carboxylic acids is 1. The molecular weight excluding hydrogens is 374 g/mol. The first-order chi connectivity index (χ1) is 14.1. The maximum absolute atomic E-state index is 13.1. The van der Waals surface area contributed by atoms with E-state index in [1.54, 1.807) is 48.4 Å². The van der Waals surface area contributed by atoms with Crippen molar-refractivity contribution in [3.05, 3.63) is 59.3 Å². The molecule has 8 nitrogen and oxygen atoms in total. The number of amides is 1. The van der Waals surface area contributed by atoms with Crippen LogP contribution < -0.4 is 4.74 Å². The summed E-state index contributed by atoms with van der Waals surface area (Å²) in [5, 5.41) is 27.5. The monoisotopic (exact) mass is 395 g/mol. The van der Waals surface area contributed by atoms with Crippen molar-refractivity contribution in [3.63, 3.8) is 0 Å². The van der Waals surface area contributed by atoms with Gasteiger partial charge in [0.25, 0.3) is 5.91 Å². The number of methoxy groups -OCH3 is 2. The Balaban J connectivity index is 1.90. The highest BCUT2D eigenvalue weighted by atomic mass is 16.5. The number of nitrogens with zero attached hydrogens (tertiary/aromatic N) is 2. The molecule has 0 saturated heterocycles. The summed E-state index contributed by atoms with van der Waals surface area (Å²) in [6.45, 7) is 0.729. The maximum atomic E-state index is 13.1. The number of benzene rings is 2. The average molecular weight is 395 g/mol. The molecule has 4 rings (SSSR count). The van der Waals surface area contributed by atoms with E-state index in [9.17, 15) is 15.0 Å². The standard InChI is InChI=1S/C21H21N3O5/c1-28-10-9-24-20(12-7-8-15(26)16(11-12)29-2)17-18(22-23-19(17)21(24)27)13-5-3-4-6-14(13)25/h3-8,11,20,25-26H,9-10H2,1-2H3,(H,22,23)/t20-/m1/s1. The summed E-state index contributed by atoms with van der Waals surface area (Å²) in [5.41, 5.74) is 2.82. The van der Waals surface area contributed by atoms with Crippen molar-refractivity contribution in [2.45, 2.75) is 6.04 Å². The Hall–Kier alpha value is -3.52. The number of aromatic hydroxyl groups is 2. The van der Waals surface area contributed by atoms with Gasteiger partial charge in [-0.05, 0) is 29.8 Å². The number of aromatic nitrogens is 2. The van der Waals surface area contributed by atoms with Crippen molar-refractivity contribution in [2.24, 2.45) is 0 Å². The third-order valence-corrected chi connectivity index (χ3v) is 5.08. The predicted octanol–water partition coefficient (Wildman–Crippen LogP) is 2.69. The van der Waals surface area contributed by atoms with Gasteiger partial charge in [-0.15, -0.1) is 0 Å². The molecule has 0 aliphatic carbocycles. The highest BCUT2D eigenvalue weighted by molar-refractivity contribution is 6.00. The van der Waals surface area contributed by atoms with Crippen LogP contribution in [0.4, 0.5) is 0 Å². The van der Waals surface area contributed by atoms with E-state index in [1.165, 1.54) is 13.2 Å². The minimum absolute atomic E-state index is 0.0114. The van der Waals surface area contributed by atoms with Gasteiger partial charge >= 0.3 is 0 Å². The Labute approximate surface area is 167 Å². The zero-order valence-electron chi connectivity index (χ0n) is 16.0. The number of carbonyl (C=O) groups is 1. The van der Waals surface area contributed by atoms with Crippen LogP contribution in [-0.4, -0.2) is 58.6 Å². The van der Waals surface area contributed by atoms with Crippen LogP contribution in [0.5, 0.6) is 17.2 Å². The SMILES string of the molecule is COCCN1C(=O)c2[nH]nc(-c3ccccc3O)c2[C@H]1c1ccc(O)c(OC)c1. The van der Waals surface area contributed by atoms with Crippen LogP contribution in [0.3, 0.4) is 0 Å². The first kappa shape index (κ1) is 18.8. The summed E-state index contributed by atoms with van der Waals surface area (Å²) in [7, 11) is 3.05. The minimum atomic E-state index is -0.476. The van der Waals surface area contributed by atoms with Gasteiger partial charge in [0.2, 0.25) is 0 Å². The molecule has 0 radical (unpaired) electrons. The fourth-order valence-corrected chi connectivity index (χ4v) is 3.71. The second-order valence-corrected chi connectivity index (χ2v) is 6.70. The molecule has 1 aliphatic rings. The third kappa shape index (κ3) is 3.07. The fourth-order valence-electron chi connectivity index (χ4n) is 3.71. The molecule has 8 heteroatoms. The maximum Gasteiger partial charge on any atom is 0.273 e. The summed E-state index contributed by atoms with van der Waals surface area (Å²) >= 11 is 0. The summed E-state index contributed by atoms with van der Waals surface area (Å²) in [4.78, 5) is 14.8. The summed E-state index contributed by atoms with van der Waals surface area (Å²) in [6, 6.07) is 11.4. The quantitative estimate of drug-likeness (QED) is 0.592. The van der Waals surface area contributed by atoms with E-state index in [4.69, 9.17) is 9.47 Å². The van der Waals surface area contributed by atoms with Crippen molar-refractivity contribution in [1.29, 1.82) is 0 Å². The molecule has 150 valence electrons. The van der Waals surface area contributed by atoms with Gasteiger partial charge in [-0.1, -0.05) is 18.2 Å². The number of rotatable bonds is 6. The van der Waals surface area contributed by atoms with E-state index in [2.05, 4.69) is 10.2 Å². The van der Waals surface area contributed by atoms with Crippen LogP contribution in [-0.2, 0) is 4.74 Å². The summed E-state index contributed by atoms with van der Waals surface area (Å²) in [6.07, 6.45) is 0. The molecule has 2 heterocycles. The molecule has 3 N–H and O–H groups in total. The minimum Gasteiger partial charge on any atom is -0.507 e. The van der Waals surface area contributed by atoms with Crippen LogP contribution in [0.25, 0.3) is 11.3 Å². The van der Waals surface area contributed by atoms with Gasteiger partial charge in [-0.3, -0.25) is 9.89 Å². The summed E-state index contributed by atoms with van der Waals surface area (Å²) in [5.74, 6) is 0.190. The van der Waals surface area contributed by atoms with Gasteiger partial charge in [0.1, 0.15) is 17.1 Å². The van der Waals surface area contributed by atoms with E-state index < -0.39 is 6.04 Å². The second-order valence-electron chi connectivity index (χ2n) is 6.70. The largest absolute Gasteiger partial charge is 0.507 e. The average Bonchev–Trinajstić information content (AvgIpc) is 3.26. The third-order valence-electron chi connectivity index (χ3n) is 5.08. The number of ether oxygens (including phenoxy) is 2. The molecule has 0 fully saturated rings. The topological polar surface area (TPSA) is 108 Å². The lowest BCUT2D eigenvalue weighted by Crippen LogP contribution is -2.32. The first-order valence-corrected chi connectivity index (χ1v) is 9.10. The Morgan fingerprint density at radius 1 is 1.14 bits per heavy atom. The van der Waals surface area contributed by atoms with E-state index >= 15 is 0 Å². The van der Waals surface area contributed by atoms with Crippen LogP contribution in [0.2, 0.25) is 0 Å². The predicted molar refractivity (Wildman–Crippen MR) is 105 cm³/mol. The number of aromatic amines is 1. The van der Waals surface area contributed by atoms with E-state index in [0.29, 0.717) is 41.4 Å². The zero-order chi connectivity index (χ0) is 20.5. The molecule has 1 atom stereocenters. The Morgan fingerprint density at radius 2 is 1.93 bits per heavy atom. The molecule has 1 aliphatic heterocycles. The first-order valence-electron chi connectivity index (χ1n) is 9.10. The molecule has 0 bridgehead atoms. The molecule has 1 amide bonds. The van der Waals surface area contributed by atoms with Crippen LogP contribution >= 0.6 is 0 Å². The second kappa shape index (κ2) is 7.48. The fraction of sp³-hybridized carbons (Fsp3) is 0.238. The van der Waals surface area contributed by atoms with Gasteiger partial charge in [-0.2, -0.15) is 5.10 Å². The van der Waals surface area contributed by atoms with Gasteiger partial charge in [0, 0.05) is 24.8 Å². The van der Waals surface area contributed by atoms with Crippen LogP contribution in [0.1, 0.15) is 27.7 Å². The number of para-hydroxylation sites is 1. The number of H-pyrrole nitrogens is 1. The normalized spacial score (nSPS) is 15.6. The Bertz CT molecular complexity index is 1060. The molecule has 3 aromatic rings. The van der Waals surface area contributed by atoms with E-state index in [-0.39, 0.29) is 17.4 Å². The Morgan fingerprint density at radius 3 is 2.66 bits per heavy atom. The van der Waals surface area contributed by atoms with Crippen molar-refractivity contribution >= 4 is 5.91 Å². The number of hydrogen-bond donors (Lipinski definition) is 3. The lowest BCUT2D eigenvalue weighted by atomic mass is 9.95. The number of hydrogen-bond acceptors (Lipinski definition) is 6. The molecule has 2 aromatic carbocycles. The lowest BCUT2D eigenvalue weighted by Gasteiger charge is -2.26. The Kier molecular flexibility index (Phi) is 4.85. The van der Waals surface area contributed by atoms with Crippen LogP contribution in [0, 0.1) is 0 Å². The summed E-state index contributed by atoms with van der Waals surface area (Å²) < 4.78 is 10.4. The van der Waals surface area contributed by atoms with E-state index in [1.807, 2.05) is 0 Å². The van der Waals surface area contributed by atoms with Crippen molar-refractivity contribution < 1.29 is 24.5 Å². The van der Waals surface area contributed by atoms with Crippen molar-refractivity contribution in [1.82, 2.24) is 15.1 Å². The molecule has 0 unspecified atom stereocenters. The smallest absolute Gasteiger partial charge is 0.273 e. The van der Waals surface area contributed by atoms with Gasteiger partial charge in [0.15, 0.2) is 11.5 Å². The van der Waals surface area contributed by atoms with Gasteiger partial charge in [0.05, 0.1) is 19.8 Å². The van der Waals surface area contributed by atoms with Gasteiger partial charge < -0.3 is 24.6 Å². The van der Waals surface area contributed by atoms with Gasteiger partial charge in [-0.25, -0.2) is 0 Å². The molecule has 1 aromatic heterocycles. The van der Waals surface area contributed by atoms with Crippen molar-refractivity contribution in [2.75, 3.05) is 27.4 Å². The number of phenols is 2. The number of phenolic OH excluding ortho intramolecular Hbond substituents is 2. The zero-order valence-corrected chi connectivity index (χ0v) is 16.0. The number of fused-ring (bicyclic) bond motifs is 1. The highest BCUT2D eigenvalue weighted by Crippen LogP contribution is 2.45.